The highest BCUT2D eigenvalue weighted by Crippen LogP contribution is 2.24. The smallest absolute Gasteiger partial charge is 0.127 e. The quantitative estimate of drug-likeness (QED) is 0.890. The summed E-state index contributed by atoms with van der Waals surface area (Å²) >= 11 is 0. The third kappa shape index (κ3) is 3.44. The van der Waals surface area contributed by atoms with E-state index in [2.05, 4.69) is 31.0 Å². The van der Waals surface area contributed by atoms with Crippen molar-refractivity contribution >= 4 is 12.4 Å². The first-order valence-electron chi connectivity index (χ1n) is 6.32. The van der Waals surface area contributed by atoms with E-state index < -0.39 is 0 Å². The molecule has 2 rings (SSSR count). The fourth-order valence-corrected chi connectivity index (χ4v) is 2.70. The van der Waals surface area contributed by atoms with Crippen LogP contribution in [0.15, 0.2) is 24.3 Å². The van der Waals surface area contributed by atoms with Gasteiger partial charge in [-0.2, -0.15) is 0 Å². The van der Waals surface area contributed by atoms with Crippen LogP contribution in [-0.2, 0) is 0 Å². The van der Waals surface area contributed by atoms with Crippen LogP contribution in [0, 0.1) is 5.82 Å². The number of nitrogens with one attached hydrogen (secondary N) is 1. The highest BCUT2D eigenvalue weighted by atomic mass is 35.5. The SMILES string of the molecule is CC1CN(C(C)c2ccccc2F)CC(C)N1.Cl. The van der Waals surface area contributed by atoms with Crippen molar-refractivity contribution in [3.8, 4) is 0 Å². The van der Waals surface area contributed by atoms with Gasteiger partial charge in [0.05, 0.1) is 0 Å². The maximum Gasteiger partial charge on any atom is 0.127 e. The van der Waals surface area contributed by atoms with Gasteiger partial charge in [0.15, 0.2) is 0 Å². The molecule has 0 radical (unpaired) electrons. The van der Waals surface area contributed by atoms with Gasteiger partial charge in [-0.15, -0.1) is 12.4 Å². The summed E-state index contributed by atoms with van der Waals surface area (Å²) in [4.78, 5) is 2.35. The lowest BCUT2D eigenvalue weighted by Gasteiger charge is -2.39. The highest BCUT2D eigenvalue weighted by molar-refractivity contribution is 5.85. The molecular weight excluding hydrogens is 251 g/mol. The Bertz CT molecular complexity index is 376. The van der Waals surface area contributed by atoms with Crippen LogP contribution >= 0.6 is 12.4 Å². The van der Waals surface area contributed by atoms with Crippen molar-refractivity contribution in [1.82, 2.24) is 10.2 Å². The number of piperazine rings is 1. The van der Waals surface area contributed by atoms with Crippen molar-refractivity contribution in [2.75, 3.05) is 13.1 Å². The zero-order valence-corrected chi connectivity index (χ0v) is 12.0. The number of rotatable bonds is 2. The van der Waals surface area contributed by atoms with Crippen LogP contribution in [0.1, 0.15) is 32.4 Å². The lowest BCUT2D eigenvalue weighted by molar-refractivity contribution is 0.129. The molecule has 4 heteroatoms. The van der Waals surface area contributed by atoms with Gasteiger partial charge in [-0.05, 0) is 26.8 Å². The average Bonchev–Trinajstić information content (AvgIpc) is 2.27. The third-order valence-corrected chi connectivity index (χ3v) is 3.49. The summed E-state index contributed by atoms with van der Waals surface area (Å²) in [6.07, 6.45) is 0. The van der Waals surface area contributed by atoms with E-state index in [1.165, 1.54) is 0 Å². The van der Waals surface area contributed by atoms with Gasteiger partial charge in [0, 0.05) is 36.8 Å². The monoisotopic (exact) mass is 272 g/mol. The number of hydrogen-bond donors (Lipinski definition) is 1. The zero-order valence-electron chi connectivity index (χ0n) is 11.2. The summed E-state index contributed by atoms with van der Waals surface area (Å²) in [5.41, 5.74) is 0.800. The molecule has 0 saturated carbocycles. The Labute approximate surface area is 115 Å². The van der Waals surface area contributed by atoms with E-state index in [1.807, 2.05) is 12.1 Å². The third-order valence-electron chi connectivity index (χ3n) is 3.49. The minimum absolute atomic E-state index is 0. The lowest BCUT2D eigenvalue weighted by atomic mass is 10.0. The topological polar surface area (TPSA) is 15.3 Å². The van der Waals surface area contributed by atoms with Crippen molar-refractivity contribution in [3.05, 3.63) is 35.6 Å². The molecule has 0 bridgehead atoms. The average molecular weight is 273 g/mol. The zero-order chi connectivity index (χ0) is 12.4. The first kappa shape index (κ1) is 15.4. The predicted molar refractivity (Wildman–Crippen MR) is 75.7 cm³/mol. The molecule has 1 aromatic carbocycles. The summed E-state index contributed by atoms with van der Waals surface area (Å²) in [5.74, 6) is -0.0983. The van der Waals surface area contributed by atoms with Gasteiger partial charge in [0.25, 0.3) is 0 Å². The minimum Gasteiger partial charge on any atom is -0.309 e. The Morgan fingerprint density at radius 2 is 1.78 bits per heavy atom. The van der Waals surface area contributed by atoms with Crippen LogP contribution in [0.3, 0.4) is 0 Å². The Kier molecular flexibility index (Phi) is 5.57. The molecule has 2 nitrogen and oxygen atoms in total. The standard InChI is InChI=1S/C14H21FN2.ClH/c1-10-8-17(9-11(2)16-10)12(3)13-6-4-5-7-14(13)15;/h4-7,10-12,16H,8-9H2,1-3H3;1H. The maximum absolute atomic E-state index is 13.7. The minimum atomic E-state index is -0.0983. The molecule has 1 saturated heterocycles. The largest absolute Gasteiger partial charge is 0.309 e. The summed E-state index contributed by atoms with van der Waals surface area (Å²) in [5, 5.41) is 3.49. The molecular formula is C14H22ClFN2. The lowest BCUT2D eigenvalue weighted by Crippen LogP contribution is -2.54. The Hall–Kier alpha value is -0.640. The van der Waals surface area contributed by atoms with Crippen molar-refractivity contribution in [2.24, 2.45) is 0 Å². The van der Waals surface area contributed by atoms with Crippen molar-refractivity contribution in [3.63, 3.8) is 0 Å². The molecule has 0 amide bonds. The molecule has 1 fully saturated rings. The molecule has 0 aliphatic carbocycles. The second-order valence-electron chi connectivity index (χ2n) is 5.12. The van der Waals surface area contributed by atoms with Gasteiger partial charge in [-0.3, -0.25) is 4.90 Å². The van der Waals surface area contributed by atoms with E-state index in [0.29, 0.717) is 12.1 Å². The summed E-state index contributed by atoms with van der Waals surface area (Å²) in [6.45, 7) is 8.39. The number of benzene rings is 1. The van der Waals surface area contributed by atoms with Crippen LogP contribution in [0.2, 0.25) is 0 Å². The van der Waals surface area contributed by atoms with Gasteiger partial charge < -0.3 is 5.32 Å². The number of halogens is 2. The first-order valence-corrected chi connectivity index (χ1v) is 6.32. The molecule has 1 aliphatic heterocycles. The van der Waals surface area contributed by atoms with Crippen molar-refractivity contribution in [1.29, 1.82) is 0 Å². The second-order valence-corrected chi connectivity index (χ2v) is 5.12. The summed E-state index contributed by atoms with van der Waals surface area (Å²) in [7, 11) is 0. The Balaban J connectivity index is 0.00000162. The molecule has 3 atom stereocenters. The van der Waals surface area contributed by atoms with E-state index in [0.717, 1.165) is 18.7 Å². The normalized spacial score (nSPS) is 26.4. The molecule has 1 N–H and O–H groups in total. The number of nitrogens with zero attached hydrogens (tertiary/aromatic N) is 1. The van der Waals surface area contributed by atoms with Crippen LogP contribution in [0.5, 0.6) is 0 Å². The van der Waals surface area contributed by atoms with E-state index in [1.54, 1.807) is 12.1 Å². The Morgan fingerprint density at radius 3 is 2.33 bits per heavy atom. The van der Waals surface area contributed by atoms with Gasteiger partial charge in [-0.1, -0.05) is 18.2 Å². The number of hydrogen-bond acceptors (Lipinski definition) is 2. The van der Waals surface area contributed by atoms with E-state index in [-0.39, 0.29) is 24.3 Å². The van der Waals surface area contributed by atoms with E-state index in [9.17, 15) is 4.39 Å². The van der Waals surface area contributed by atoms with Crippen molar-refractivity contribution in [2.45, 2.75) is 38.9 Å². The van der Waals surface area contributed by atoms with Crippen LogP contribution in [-0.4, -0.2) is 30.1 Å². The fraction of sp³-hybridized carbons (Fsp3) is 0.571. The van der Waals surface area contributed by atoms with Crippen LogP contribution in [0.25, 0.3) is 0 Å². The molecule has 0 aromatic heterocycles. The highest BCUT2D eigenvalue weighted by Gasteiger charge is 2.26. The molecule has 3 unspecified atom stereocenters. The van der Waals surface area contributed by atoms with Crippen LogP contribution in [0.4, 0.5) is 4.39 Å². The second kappa shape index (κ2) is 6.50. The van der Waals surface area contributed by atoms with Crippen molar-refractivity contribution < 1.29 is 4.39 Å². The van der Waals surface area contributed by atoms with Crippen LogP contribution < -0.4 is 5.32 Å². The fourth-order valence-electron chi connectivity index (χ4n) is 2.70. The first-order chi connectivity index (χ1) is 8.08. The van der Waals surface area contributed by atoms with Gasteiger partial charge in [0.2, 0.25) is 0 Å². The molecule has 1 aromatic rings. The molecule has 1 aliphatic rings. The molecule has 1 heterocycles. The maximum atomic E-state index is 13.7. The molecule has 18 heavy (non-hydrogen) atoms. The predicted octanol–water partition coefficient (Wildman–Crippen LogP) is 2.99. The van der Waals surface area contributed by atoms with Gasteiger partial charge >= 0.3 is 0 Å². The van der Waals surface area contributed by atoms with Gasteiger partial charge in [-0.25, -0.2) is 4.39 Å². The van der Waals surface area contributed by atoms with E-state index >= 15 is 0 Å². The van der Waals surface area contributed by atoms with E-state index in [4.69, 9.17) is 0 Å². The molecule has 0 spiro atoms. The van der Waals surface area contributed by atoms with Gasteiger partial charge in [0.1, 0.15) is 5.82 Å². The Morgan fingerprint density at radius 1 is 1.22 bits per heavy atom. The summed E-state index contributed by atoms with van der Waals surface area (Å²) < 4.78 is 13.7. The molecule has 102 valence electrons. The summed E-state index contributed by atoms with van der Waals surface area (Å²) in [6, 6.07) is 8.15.